The first-order chi connectivity index (χ1) is 11.9. The number of thiophene rings is 2. The molecule has 114 valence electrons. The van der Waals surface area contributed by atoms with Crippen molar-refractivity contribution in [1.29, 1.82) is 0 Å². The van der Waals surface area contributed by atoms with Gasteiger partial charge in [-0.1, -0.05) is 24.3 Å². The molecular weight excluding hydrogens is 332 g/mol. The third-order valence-corrected chi connectivity index (χ3v) is 5.49. The summed E-state index contributed by atoms with van der Waals surface area (Å²) >= 11 is 3.37. The zero-order valence-corrected chi connectivity index (χ0v) is 14.3. The highest BCUT2D eigenvalue weighted by Gasteiger charge is 2.14. The molecule has 0 aliphatic heterocycles. The molecule has 0 aliphatic carbocycles. The van der Waals surface area contributed by atoms with Gasteiger partial charge in [0.2, 0.25) is 0 Å². The minimum atomic E-state index is 0.939. The lowest BCUT2D eigenvalue weighted by molar-refractivity contribution is 1.31. The molecule has 3 aromatic heterocycles. The molecule has 4 heteroatoms. The maximum atomic E-state index is 4.97. The number of rotatable bonds is 2. The molecule has 2 aromatic carbocycles. The molecule has 0 unspecified atom stereocenters. The van der Waals surface area contributed by atoms with Crippen LogP contribution in [0.4, 0.5) is 0 Å². The van der Waals surface area contributed by atoms with Crippen LogP contribution in [0.25, 0.3) is 44.3 Å². The van der Waals surface area contributed by atoms with Gasteiger partial charge in [0.25, 0.3) is 0 Å². The molecule has 0 amide bonds. The predicted molar refractivity (Wildman–Crippen MR) is 104 cm³/mol. The molecule has 0 saturated carbocycles. The van der Waals surface area contributed by atoms with E-state index in [1.165, 1.54) is 10.8 Å². The lowest BCUT2D eigenvalue weighted by Gasteiger charge is -2.09. The highest BCUT2D eigenvalue weighted by molar-refractivity contribution is 7.08. The Morgan fingerprint density at radius 2 is 1.12 bits per heavy atom. The van der Waals surface area contributed by atoms with Crippen molar-refractivity contribution in [2.75, 3.05) is 0 Å². The zero-order chi connectivity index (χ0) is 15.9. The Morgan fingerprint density at radius 3 is 1.54 bits per heavy atom. The fourth-order valence-corrected chi connectivity index (χ4v) is 4.22. The quantitative estimate of drug-likeness (QED) is 0.354. The summed E-state index contributed by atoms with van der Waals surface area (Å²) in [7, 11) is 0. The second-order valence-electron chi connectivity index (χ2n) is 5.63. The Hall–Kier alpha value is -2.56. The van der Waals surface area contributed by atoms with E-state index in [9.17, 15) is 0 Å². The number of nitrogens with zero attached hydrogens (tertiary/aromatic N) is 2. The second kappa shape index (κ2) is 5.51. The minimum Gasteiger partial charge on any atom is -0.244 e. The summed E-state index contributed by atoms with van der Waals surface area (Å²) in [6.45, 7) is 0. The molecule has 5 rings (SSSR count). The molecule has 0 spiro atoms. The lowest BCUT2D eigenvalue weighted by Crippen LogP contribution is -1.94. The van der Waals surface area contributed by atoms with Crippen LogP contribution in [-0.2, 0) is 0 Å². The van der Waals surface area contributed by atoms with Crippen LogP contribution in [0.5, 0.6) is 0 Å². The molecule has 2 nitrogen and oxygen atoms in total. The van der Waals surface area contributed by atoms with Crippen LogP contribution < -0.4 is 0 Å². The van der Waals surface area contributed by atoms with Gasteiger partial charge < -0.3 is 0 Å². The summed E-state index contributed by atoms with van der Waals surface area (Å²) in [4.78, 5) is 9.95. The number of hydrogen-bond acceptors (Lipinski definition) is 4. The predicted octanol–water partition coefficient (Wildman–Crippen LogP) is 6.24. The van der Waals surface area contributed by atoms with Crippen LogP contribution in [0.3, 0.4) is 0 Å². The van der Waals surface area contributed by atoms with Crippen molar-refractivity contribution in [2.45, 2.75) is 0 Å². The van der Waals surface area contributed by atoms with E-state index < -0.39 is 0 Å². The van der Waals surface area contributed by atoms with Crippen molar-refractivity contribution < 1.29 is 0 Å². The summed E-state index contributed by atoms with van der Waals surface area (Å²) in [5.41, 5.74) is 6.05. The van der Waals surface area contributed by atoms with E-state index in [0.29, 0.717) is 0 Å². The molecule has 0 saturated heterocycles. The zero-order valence-electron chi connectivity index (χ0n) is 12.6. The van der Waals surface area contributed by atoms with Crippen molar-refractivity contribution in [3.05, 3.63) is 70.1 Å². The largest absolute Gasteiger partial charge is 0.244 e. The van der Waals surface area contributed by atoms with Crippen LogP contribution in [-0.4, -0.2) is 9.97 Å². The summed E-state index contributed by atoms with van der Waals surface area (Å²) in [5, 5.41) is 10.8. The topological polar surface area (TPSA) is 25.8 Å². The summed E-state index contributed by atoms with van der Waals surface area (Å²) in [5.74, 6) is 0. The molecule has 0 fully saturated rings. The van der Waals surface area contributed by atoms with Gasteiger partial charge in [-0.25, -0.2) is 9.97 Å². The van der Waals surface area contributed by atoms with Gasteiger partial charge in [0, 0.05) is 21.9 Å². The average Bonchev–Trinajstić information content (AvgIpc) is 3.32. The SMILES string of the molecule is c1ccc2cc3nc(-c4ccsc4)c(-c4ccsc4)nc3cc2c1. The minimum absolute atomic E-state index is 0.939. The van der Waals surface area contributed by atoms with Crippen molar-refractivity contribution in [3.8, 4) is 22.5 Å². The first-order valence-corrected chi connectivity index (χ1v) is 9.53. The van der Waals surface area contributed by atoms with Gasteiger partial charge >= 0.3 is 0 Å². The van der Waals surface area contributed by atoms with E-state index in [0.717, 1.165) is 33.5 Å². The van der Waals surface area contributed by atoms with E-state index >= 15 is 0 Å². The number of benzene rings is 2. The highest BCUT2D eigenvalue weighted by Crippen LogP contribution is 2.34. The van der Waals surface area contributed by atoms with E-state index in [1.807, 2.05) is 0 Å². The van der Waals surface area contributed by atoms with Gasteiger partial charge in [0.1, 0.15) is 0 Å². The standard InChI is InChI=1S/C20H12N2S2/c1-2-4-14-10-18-17(9-13(14)3-1)21-19(15-5-7-23-11-15)20(22-18)16-6-8-24-12-16/h1-12H. The van der Waals surface area contributed by atoms with Crippen LogP contribution in [0.15, 0.2) is 70.1 Å². The summed E-state index contributed by atoms with van der Waals surface area (Å²) in [6, 6.07) is 16.8. The van der Waals surface area contributed by atoms with Crippen molar-refractivity contribution in [2.24, 2.45) is 0 Å². The first kappa shape index (κ1) is 13.8. The Kier molecular flexibility index (Phi) is 3.18. The maximum absolute atomic E-state index is 4.97. The Bertz CT molecular complexity index is 1050. The first-order valence-electron chi connectivity index (χ1n) is 7.64. The van der Waals surface area contributed by atoms with Crippen LogP contribution in [0.1, 0.15) is 0 Å². The fourth-order valence-electron chi connectivity index (χ4n) is 2.94. The van der Waals surface area contributed by atoms with E-state index in [2.05, 4.69) is 70.1 Å². The van der Waals surface area contributed by atoms with Crippen molar-refractivity contribution in [1.82, 2.24) is 9.97 Å². The van der Waals surface area contributed by atoms with E-state index in [1.54, 1.807) is 22.7 Å². The van der Waals surface area contributed by atoms with E-state index in [-0.39, 0.29) is 0 Å². The monoisotopic (exact) mass is 344 g/mol. The van der Waals surface area contributed by atoms with Gasteiger partial charge in [0.05, 0.1) is 22.4 Å². The molecule has 0 bridgehead atoms. The third-order valence-electron chi connectivity index (χ3n) is 4.12. The van der Waals surface area contributed by atoms with Gasteiger partial charge in [-0.3, -0.25) is 0 Å². The van der Waals surface area contributed by atoms with Gasteiger partial charge in [-0.05, 0) is 45.8 Å². The number of hydrogen-bond donors (Lipinski definition) is 0. The van der Waals surface area contributed by atoms with Crippen LogP contribution in [0, 0.1) is 0 Å². The maximum Gasteiger partial charge on any atom is 0.0981 e. The Balaban J connectivity index is 1.87. The molecule has 0 aliphatic rings. The van der Waals surface area contributed by atoms with Gasteiger partial charge in [-0.15, -0.1) is 0 Å². The Labute approximate surface area is 147 Å². The molecule has 0 N–H and O–H groups in total. The molecule has 0 atom stereocenters. The van der Waals surface area contributed by atoms with Crippen LogP contribution >= 0.6 is 22.7 Å². The van der Waals surface area contributed by atoms with Crippen LogP contribution in [0.2, 0.25) is 0 Å². The van der Waals surface area contributed by atoms with Crippen molar-refractivity contribution >= 4 is 44.5 Å². The smallest absolute Gasteiger partial charge is 0.0981 e. The van der Waals surface area contributed by atoms with Gasteiger partial charge in [0.15, 0.2) is 0 Å². The molecule has 5 aromatic rings. The summed E-state index contributed by atoms with van der Waals surface area (Å²) in [6.07, 6.45) is 0. The van der Waals surface area contributed by atoms with Gasteiger partial charge in [-0.2, -0.15) is 22.7 Å². The number of aromatic nitrogens is 2. The molecule has 3 heterocycles. The normalized spacial score (nSPS) is 11.3. The average molecular weight is 344 g/mol. The fraction of sp³-hybridized carbons (Fsp3) is 0. The molecule has 24 heavy (non-hydrogen) atoms. The second-order valence-corrected chi connectivity index (χ2v) is 7.19. The Morgan fingerprint density at radius 1 is 0.625 bits per heavy atom. The van der Waals surface area contributed by atoms with E-state index in [4.69, 9.17) is 9.97 Å². The highest BCUT2D eigenvalue weighted by atomic mass is 32.1. The molecule has 0 radical (unpaired) electrons. The lowest BCUT2D eigenvalue weighted by atomic mass is 10.1. The summed E-state index contributed by atoms with van der Waals surface area (Å²) < 4.78 is 0. The third kappa shape index (κ3) is 2.23. The van der Waals surface area contributed by atoms with Crippen molar-refractivity contribution in [3.63, 3.8) is 0 Å². The number of fused-ring (bicyclic) bond motifs is 2. The molecular formula is C20H12N2S2.